The number of ether oxygens (including phenoxy) is 2. The predicted molar refractivity (Wildman–Crippen MR) is 128 cm³/mol. The normalized spacial score (nSPS) is 26.6. The molecule has 190 valence electrons. The fourth-order valence-corrected chi connectivity index (χ4v) is 4.74. The van der Waals surface area contributed by atoms with Crippen LogP contribution in [0.5, 0.6) is 0 Å². The number of nitro groups is 2. The van der Waals surface area contributed by atoms with Crippen molar-refractivity contribution in [1.29, 1.82) is 0 Å². The van der Waals surface area contributed by atoms with Gasteiger partial charge in [-0.2, -0.15) is 5.10 Å². The highest BCUT2D eigenvalue weighted by Crippen LogP contribution is 2.43. The van der Waals surface area contributed by atoms with Crippen LogP contribution >= 0.6 is 0 Å². The molecule has 1 aliphatic heterocycles. The maximum Gasteiger partial charge on any atom is 0.348 e. The lowest BCUT2D eigenvalue weighted by molar-refractivity contribution is -0.393. The molecule has 4 atom stereocenters. The summed E-state index contributed by atoms with van der Waals surface area (Å²) in [5.74, 6) is -1.53. The van der Waals surface area contributed by atoms with Crippen LogP contribution in [0.1, 0.15) is 33.6 Å². The zero-order valence-corrected chi connectivity index (χ0v) is 20.0. The number of benzene rings is 1. The molecule has 3 aliphatic rings. The number of anilines is 1. The van der Waals surface area contributed by atoms with Gasteiger partial charge in [-0.1, -0.05) is 32.1 Å². The van der Waals surface area contributed by atoms with E-state index in [9.17, 15) is 29.8 Å². The molecule has 0 amide bonds. The highest BCUT2D eigenvalue weighted by Gasteiger charge is 2.48. The van der Waals surface area contributed by atoms with Crippen molar-refractivity contribution >= 4 is 34.7 Å². The van der Waals surface area contributed by atoms with Crippen LogP contribution in [0.3, 0.4) is 0 Å². The molecule has 2 aliphatic carbocycles. The van der Waals surface area contributed by atoms with Crippen molar-refractivity contribution in [2.45, 2.75) is 39.7 Å². The molecule has 4 rings (SSSR count). The van der Waals surface area contributed by atoms with Gasteiger partial charge in [-0.15, -0.1) is 0 Å². The lowest BCUT2D eigenvalue weighted by Crippen LogP contribution is -2.39. The van der Waals surface area contributed by atoms with Crippen molar-refractivity contribution in [3.63, 3.8) is 0 Å². The molecule has 12 heteroatoms. The minimum atomic E-state index is -0.941. The fourth-order valence-electron chi connectivity index (χ4n) is 4.74. The molecule has 0 bridgehead atoms. The van der Waals surface area contributed by atoms with E-state index in [-0.39, 0.29) is 24.1 Å². The van der Waals surface area contributed by atoms with Crippen molar-refractivity contribution in [2.24, 2.45) is 28.3 Å². The highest BCUT2D eigenvalue weighted by molar-refractivity contribution is 5.99. The number of hydrogen-bond donors (Lipinski definition) is 1. The topological polar surface area (TPSA) is 163 Å². The van der Waals surface area contributed by atoms with Crippen LogP contribution in [0, 0.1) is 43.4 Å². The van der Waals surface area contributed by atoms with E-state index in [0.29, 0.717) is 18.6 Å². The Balaban J connectivity index is 1.50. The summed E-state index contributed by atoms with van der Waals surface area (Å²) < 4.78 is 10.7. The van der Waals surface area contributed by atoms with Crippen LogP contribution in [-0.2, 0) is 19.1 Å². The second-order valence-electron chi connectivity index (χ2n) is 9.85. The van der Waals surface area contributed by atoms with E-state index in [1.54, 1.807) is 6.92 Å². The Morgan fingerprint density at radius 1 is 1.25 bits per heavy atom. The van der Waals surface area contributed by atoms with E-state index in [4.69, 9.17) is 9.47 Å². The number of allylic oxidation sites excluding steroid dienone is 4. The summed E-state index contributed by atoms with van der Waals surface area (Å²) in [4.78, 5) is 46.0. The van der Waals surface area contributed by atoms with Crippen LogP contribution in [0.15, 0.2) is 47.1 Å². The van der Waals surface area contributed by atoms with Crippen LogP contribution in [-0.4, -0.2) is 40.2 Å². The lowest BCUT2D eigenvalue weighted by atomic mass is 9.78. The van der Waals surface area contributed by atoms with Crippen molar-refractivity contribution < 1.29 is 28.9 Å². The average molecular weight is 498 g/mol. The van der Waals surface area contributed by atoms with Gasteiger partial charge in [0.2, 0.25) is 6.10 Å². The number of carbonyl (C=O) groups is 2. The molecule has 1 aromatic carbocycles. The fraction of sp³-hybridized carbons (Fsp3) is 0.458. The molecule has 0 spiro atoms. The highest BCUT2D eigenvalue weighted by atomic mass is 16.6. The Morgan fingerprint density at radius 3 is 2.64 bits per heavy atom. The largest absolute Gasteiger partial charge is 0.462 e. The minimum absolute atomic E-state index is 0.0216. The Hall–Kier alpha value is -4.09. The van der Waals surface area contributed by atoms with Gasteiger partial charge in [0.25, 0.3) is 5.69 Å². The molecule has 1 N–H and O–H groups in total. The number of nitrogens with one attached hydrogen (secondary N) is 1. The Bertz CT molecular complexity index is 1220. The molecule has 1 heterocycles. The SMILES string of the molecule is C/C(=N\Nc1ccc([N+](=O)[O-])cc1[N+](=O)[O-])C1=C[C@H]2[C@H](C=CC[C@@H]2C(=O)O[C@H]2C(=O)OCC2(C)C)C1. The first-order chi connectivity index (χ1) is 17.0. The van der Waals surface area contributed by atoms with Crippen LogP contribution in [0.25, 0.3) is 0 Å². The summed E-state index contributed by atoms with van der Waals surface area (Å²) in [5.41, 5.74) is 2.64. The summed E-state index contributed by atoms with van der Waals surface area (Å²) in [5, 5.41) is 26.5. The summed E-state index contributed by atoms with van der Waals surface area (Å²) in [6, 6.07) is 3.27. The van der Waals surface area contributed by atoms with Crippen molar-refractivity contribution in [2.75, 3.05) is 12.0 Å². The number of rotatable bonds is 7. The first-order valence-electron chi connectivity index (χ1n) is 11.5. The van der Waals surface area contributed by atoms with Crippen molar-refractivity contribution in [3.05, 3.63) is 62.2 Å². The summed E-state index contributed by atoms with van der Waals surface area (Å²) in [7, 11) is 0. The van der Waals surface area contributed by atoms with E-state index < -0.39 is 50.6 Å². The Kier molecular flexibility index (Phi) is 6.61. The third-order valence-corrected chi connectivity index (χ3v) is 6.83. The summed E-state index contributed by atoms with van der Waals surface area (Å²) in [6.45, 7) is 5.56. The number of hydrazone groups is 1. The Labute approximate surface area is 206 Å². The van der Waals surface area contributed by atoms with Gasteiger partial charge in [-0.25, -0.2) is 4.79 Å². The maximum absolute atomic E-state index is 13.0. The van der Waals surface area contributed by atoms with E-state index in [2.05, 4.69) is 10.5 Å². The second kappa shape index (κ2) is 9.51. The third kappa shape index (κ3) is 4.83. The monoisotopic (exact) mass is 498 g/mol. The first kappa shape index (κ1) is 25.0. The number of cyclic esters (lactones) is 1. The van der Waals surface area contributed by atoms with Gasteiger partial charge in [0.15, 0.2) is 0 Å². The second-order valence-corrected chi connectivity index (χ2v) is 9.85. The summed E-state index contributed by atoms with van der Waals surface area (Å²) in [6.07, 6.45) is 6.10. The first-order valence-corrected chi connectivity index (χ1v) is 11.5. The number of esters is 2. The molecule has 1 aromatic rings. The number of carbonyl (C=O) groups excluding carboxylic acids is 2. The van der Waals surface area contributed by atoms with E-state index >= 15 is 0 Å². The van der Waals surface area contributed by atoms with Crippen LogP contribution in [0.2, 0.25) is 0 Å². The predicted octanol–water partition coefficient (Wildman–Crippen LogP) is 3.92. The van der Waals surface area contributed by atoms with Gasteiger partial charge in [0, 0.05) is 11.5 Å². The number of nitro benzene ring substituents is 2. The number of nitrogens with zero attached hydrogens (tertiary/aromatic N) is 3. The molecule has 36 heavy (non-hydrogen) atoms. The van der Waals surface area contributed by atoms with Gasteiger partial charge in [-0.3, -0.25) is 30.4 Å². The van der Waals surface area contributed by atoms with E-state index in [0.717, 1.165) is 17.7 Å². The van der Waals surface area contributed by atoms with Crippen LogP contribution in [0.4, 0.5) is 17.1 Å². The lowest BCUT2D eigenvalue weighted by Gasteiger charge is -2.30. The zero-order chi connectivity index (χ0) is 26.2. The van der Waals surface area contributed by atoms with Crippen molar-refractivity contribution in [3.8, 4) is 0 Å². The number of non-ortho nitro benzene ring substituents is 1. The van der Waals surface area contributed by atoms with Gasteiger partial charge >= 0.3 is 17.6 Å². The molecule has 1 fully saturated rings. The van der Waals surface area contributed by atoms with E-state index in [1.807, 2.05) is 32.1 Å². The van der Waals surface area contributed by atoms with Gasteiger partial charge in [0.1, 0.15) is 12.3 Å². The molecule has 0 aromatic heterocycles. The molecule has 12 nitrogen and oxygen atoms in total. The zero-order valence-electron chi connectivity index (χ0n) is 20.0. The molecule has 0 radical (unpaired) electrons. The number of fused-ring (bicyclic) bond motifs is 1. The smallest absolute Gasteiger partial charge is 0.348 e. The standard InChI is InChI=1S/C24H26N4O8/c1-13(25-26-19-8-7-16(27(31)32)11-20(19)28(33)34)15-9-14-5-4-6-17(18(14)10-15)22(29)36-21-23(30)35-12-24(21,2)3/h4-5,7-8,10-11,14,17-18,21,26H,6,9,12H2,1-3H3/b25-13+/t14-,17+,18+,21+/m1/s1. The molecule has 0 unspecified atom stereocenters. The quantitative estimate of drug-likeness (QED) is 0.193. The minimum Gasteiger partial charge on any atom is -0.462 e. The third-order valence-electron chi connectivity index (χ3n) is 6.83. The van der Waals surface area contributed by atoms with E-state index in [1.165, 1.54) is 6.07 Å². The van der Waals surface area contributed by atoms with Gasteiger partial charge < -0.3 is 9.47 Å². The van der Waals surface area contributed by atoms with Crippen LogP contribution < -0.4 is 5.43 Å². The number of hydrogen-bond acceptors (Lipinski definition) is 10. The van der Waals surface area contributed by atoms with Gasteiger partial charge in [-0.05, 0) is 43.2 Å². The van der Waals surface area contributed by atoms with Crippen molar-refractivity contribution in [1.82, 2.24) is 0 Å². The average Bonchev–Trinajstić information content (AvgIpc) is 3.38. The molecule has 1 saturated heterocycles. The molecular formula is C24H26N4O8. The van der Waals surface area contributed by atoms with Gasteiger partial charge in [0.05, 0.1) is 27.5 Å². The maximum atomic E-state index is 13.0. The molecule has 0 saturated carbocycles. The Morgan fingerprint density at radius 2 is 2.00 bits per heavy atom. The molecular weight excluding hydrogens is 472 g/mol. The summed E-state index contributed by atoms with van der Waals surface area (Å²) >= 11 is 0.